The highest BCUT2D eigenvalue weighted by Gasteiger charge is 1.96. The summed E-state index contributed by atoms with van der Waals surface area (Å²) in [4.78, 5) is 4.14. The van der Waals surface area contributed by atoms with Gasteiger partial charge in [0, 0.05) is 6.04 Å². The highest BCUT2D eigenvalue weighted by Crippen LogP contribution is 2.02. The Morgan fingerprint density at radius 2 is 2.33 bits per heavy atom. The van der Waals surface area contributed by atoms with Gasteiger partial charge in [-0.15, -0.1) is 12.4 Å². The number of thioether (sulfide) groups is 1. The van der Waals surface area contributed by atoms with Crippen molar-refractivity contribution in [3.05, 3.63) is 0 Å². The van der Waals surface area contributed by atoms with E-state index in [0.29, 0.717) is 10.9 Å². The second kappa shape index (κ2) is 8.69. The van der Waals surface area contributed by atoms with Crippen LogP contribution in [0, 0.1) is 11.3 Å². The first-order valence-corrected chi connectivity index (χ1v) is 4.52. The normalized spacial score (nSPS) is 12.9. The number of amidine groups is 1. The van der Waals surface area contributed by atoms with Crippen LogP contribution in [0.5, 0.6) is 0 Å². The molecule has 1 unspecified atom stereocenters. The second-order valence-corrected chi connectivity index (χ2v) is 3.17. The fourth-order valence-corrected chi connectivity index (χ4v) is 0.919. The van der Waals surface area contributed by atoms with Crippen LogP contribution in [0.1, 0.15) is 20.3 Å². The third kappa shape index (κ3) is 7.70. The highest BCUT2D eigenvalue weighted by atomic mass is 35.5. The Balaban J connectivity index is 0. The van der Waals surface area contributed by atoms with Gasteiger partial charge in [-0.3, -0.25) is 4.99 Å². The molecule has 5 heteroatoms. The van der Waals surface area contributed by atoms with Gasteiger partial charge in [0.15, 0.2) is 5.17 Å². The van der Waals surface area contributed by atoms with Crippen LogP contribution >= 0.6 is 24.2 Å². The monoisotopic (exact) mass is 207 g/mol. The van der Waals surface area contributed by atoms with Gasteiger partial charge in [0.1, 0.15) is 0 Å². The molecule has 0 radical (unpaired) electrons. The standard InChI is InChI=1S/C7H13N3S.ClH/c1-3-6(2)10-7(9)11-5-4-8;/h6H,3,5H2,1-2H3,(H2,9,10);1H. The van der Waals surface area contributed by atoms with Crippen molar-refractivity contribution < 1.29 is 0 Å². The van der Waals surface area contributed by atoms with E-state index in [9.17, 15) is 0 Å². The summed E-state index contributed by atoms with van der Waals surface area (Å²) < 4.78 is 0. The smallest absolute Gasteiger partial charge is 0.155 e. The van der Waals surface area contributed by atoms with Crippen LogP contribution in [0.4, 0.5) is 0 Å². The van der Waals surface area contributed by atoms with Gasteiger partial charge in [-0.2, -0.15) is 5.26 Å². The minimum Gasteiger partial charge on any atom is -0.379 e. The SMILES string of the molecule is CCC(C)N=C(N)SCC#N.Cl. The quantitative estimate of drug-likeness (QED) is 0.567. The molecule has 2 N–H and O–H groups in total. The molecule has 0 aliphatic carbocycles. The van der Waals surface area contributed by atoms with Gasteiger partial charge in [0.05, 0.1) is 11.8 Å². The van der Waals surface area contributed by atoms with Crippen molar-refractivity contribution in [2.24, 2.45) is 10.7 Å². The van der Waals surface area contributed by atoms with Crippen molar-refractivity contribution in [1.82, 2.24) is 0 Å². The molecule has 0 aliphatic heterocycles. The van der Waals surface area contributed by atoms with Crippen LogP contribution in [0.3, 0.4) is 0 Å². The molecular weight excluding hydrogens is 194 g/mol. The Morgan fingerprint density at radius 1 is 1.75 bits per heavy atom. The Labute approximate surface area is 83.8 Å². The Bertz CT molecular complexity index is 176. The van der Waals surface area contributed by atoms with Crippen LogP contribution in [0.25, 0.3) is 0 Å². The summed E-state index contributed by atoms with van der Waals surface area (Å²) in [5.41, 5.74) is 5.50. The molecule has 0 rings (SSSR count). The third-order valence-corrected chi connectivity index (χ3v) is 1.90. The van der Waals surface area contributed by atoms with E-state index in [1.54, 1.807) is 0 Å². The van der Waals surface area contributed by atoms with E-state index in [1.807, 2.05) is 13.0 Å². The lowest BCUT2D eigenvalue weighted by molar-refractivity contribution is 0.718. The summed E-state index contributed by atoms with van der Waals surface area (Å²) in [6, 6.07) is 2.26. The van der Waals surface area contributed by atoms with E-state index in [2.05, 4.69) is 11.9 Å². The molecule has 0 amide bonds. The lowest BCUT2D eigenvalue weighted by Crippen LogP contribution is -2.11. The zero-order valence-electron chi connectivity index (χ0n) is 7.28. The number of hydrogen-bond donors (Lipinski definition) is 1. The van der Waals surface area contributed by atoms with Gasteiger partial charge >= 0.3 is 0 Å². The Morgan fingerprint density at radius 3 is 2.75 bits per heavy atom. The first-order valence-electron chi connectivity index (χ1n) is 3.53. The molecule has 3 nitrogen and oxygen atoms in total. The largest absolute Gasteiger partial charge is 0.379 e. The summed E-state index contributed by atoms with van der Waals surface area (Å²) in [6.07, 6.45) is 0.980. The van der Waals surface area contributed by atoms with Gasteiger partial charge < -0.3 is 5.73 Å². The number of nitriles is 1. The number of nitrogens with two attached hydrogens (primary N) is 1. The average Bonchev–Trinajstić information content (AvgIpc) is 2.00. The van der Waals surface area contributed by atoms with Gasteiger partial charge in [0.2, 0.25) is 0 Å². The zero-order chi connectivity index (χ0) is 8.69. The lowest BCUT2D eigenvalue weighted by atomic mass is 10.3. The number of rotatable bonds is 3. The van der Waals surface area contributed by atoms with E-state index in [-0.39, 0.29) is 18.4 Å². The van der Waals surface area contributed by atoms with Gasteiger partial charge in [-0.05, 0) is 13.3 Å². The molecule has 0 saturated carbocycles. The molecule has 1 atom stereocenters. The van der Waals surface area contributed by atoms with E-state index in [1.165, 1.54) is 11.8 Å². The third-order valence-electron chi connectivity index (χ3n) is 1.22. The van der Waals surface area contributed by atoms with E-state index >= 15 is 0 Å². The van der Waals surface area contributed by atoms with Gasteiger partial charge in [-0.1, -0.05) is 18.7 Å². The molecule has 0 saturated heterocycles. The molecule has 0 aromatic heterocycles. The minimum atomic E-state index is 0. The summed E-state index contributed by atoms with van der Waals surface area (Å²) in [6.45, 7) is 4.05. The van der Waals surface area contributed by atoms with Crippen LogP contribution in [-0.4, -0.2) is 17.0 Å². The number of halogens is 1. The molecule has 0 fully saturated rings. The van der Waals surface area contributed by atoms with Crippen molar-refractivity contribution >= 4 is 29.3 Å². The lowest BCUT2D eigenvalue weighted by Gasteiger charge is -2.02. The summed E-state index contributed by atoms with van der Waals surface area (Å²) in [7, 11) is 0. The second-order valence-electron chi connectivity index (χ2n) is 2.17. The molecule has 0 aromatic carbocycles. The van der Waals surface area contributed by atoms with E-state index in [4.69, 9.17) is 11.0 Å². The first kappa shape index (κ1) is 14.1. The van der Waals surface area contributed by atoms with Crippen molar-refractivity contribution in [2.75, 3.05) is 5.75 Å². The van der Waals surface area contributed by atoms with Gasteiger partial charge in [-0.25, -0.2) is 0 Å². The minimum absolute atomic E-state index is 0. The predicted octanol–water partition coefficient (Wildman–Crippen LogP) is 1.78. The molecule has 0 heterocycles. The zero-order valence-corrected chi connectivity index (χ0v) is 8.91. The predicted molar refractivity (Wildman–Crippen MR) is 56.7 cm³/mol. The fraction of sp³-hybridized carbons (Fsp3) is 0.714. The molecule has 0 spiro atoms. The topological polar surface area (TPSA) is 62.2 Å². The van der Waals surface area contributed by atoms with Crippen molar-refractivity contribution in [3.63, 3.8) is 0 Å². The molecule has 0 aromatic rings. The highest BCUT2D eigenvalue weighted by molar-refractivity contribution is 8.13. The van der Waals surface area contributed by atoms with E-state index in [0.717, 1.165) is 6.42 Å². The summed E-state index contributed by atoms with van der Waals surface area (Å²) in [5, 5.41) is 8.74. The number of nitrogens with zero attached hydrogens (tertiary/aromatic N) is 2. The maximum absolute atomic E-state index is 8.23. The Kier molecular flexibility index (Phi) is 10.2. The fourth-order valence-electron chi connectivity index (χ4n) is 0.452. The Hall–Kier alpha value is -0.400. The van der Waals surface area contributed by atoms with Gasteiger partial charge in [0.25, 0.3) is 0 Å². The number of hydrogen-bond acceptors (Lipinski definition) is 3. The molecule has 0 aliphatic rings. The summed E-state index contributed by atoms with van der Waals surface area (Å²) >= 11 is 1.29. The van der Waals surface area contributed by atoms with Crippen LogP contribution in [0.2, 0.25) is 0 Å². The van der Waals surface area contributed by atoms with Crippen LogP contribution < -0.4 is 5.73 Å². The number of aliphatic imine (C=N–C) groups is 1. The van der Waals surface area contributed by atoms with Crippen LogP contribution in [0.15, 0.2) is 4.99 Å². The molecule has 70 valence electrons. The van der Waals surface area contributed by atoms with Crippen molar-refractivity contribution in [1.29, 1.82) is 5.26 Å². The molecule has 0 bridgehead atoms. The summed E-state index contributed by atoms with van der Waals surface area (Å²) in [5.74, 6) is 0.381. The van der Waals surface area contributed by atoms with E-state index < -0.39 is 0 Å². The maximum atomic E-state index is 8.23. The van der Waals surface area contributed by atoms with Crippen LogP contribution in [-0.2, 0) is 0 Å². The van der Waals surface area contributed by atoms with Crippen molar-refractivity contribution in [2.45, 2.75) is 26.3 Å². The molecule has 12 heavy (non-hydrogen) atoms. The molecular formula is C7H14ClN3S. The average molecular weight is 208 g/mol. The maximum Gasteiger partial charge on any atom is 0.155 e. The first-order chi connectivity index (χ1) is 5.20. The van der Waals surface area contributed by atoms with Crippen molar-refractivity contribution in [3.8, 4) is 6.07 Å².